The zero-order chi connectivity index (χ0) is 16.1. The molecule has 2 aromatic rings. The third-order valence-electron chi connectivity index (χ3n) is 3.72. The molecule has 5 heteroatoms. The summed E-state index contributed by atoms with van der Waals surface area (Å²) in [4.78, 5) is 4.65. The Bertz CT molecular complexity index is 612. The highest BCUT2D eigenvalue weighted by atomic mass is 32.1. The first-order valence-corrected chi connectivity index (χ1v) is 8.39. The van der Waals surface area contributed by atoms with Crippen LogP contribution in [0.5, 0.6) is 11.5 Å². The van der Waals surface area contributed by atoms with E-state index in [1.807, 2.05) is 18.2 Å². The van der Waals surface area contributed by atoms with Gasteiger partial charge in [-0.2, -0.15) is 0 Å². The van der Waals surface area contributed by atoms with E-state index in [0.29, 0.717) is 0 Å². The fourth-order valence-corrected chi connectivity index (χ4v) is 3.25. The Labute approximate surface area is 136 Å². The number of hydrogen-bond donors (Lipinski definition) is 1. The maximum absolute atomic E-state index is 5.48. The molecule has 0 amide bonds. The highest BCUT2D eigenvalue weighted by Crippen LogP contribution is 2.30. The molecule has 0 aliphatic heterocycles. The number of aromatic nitrogens is 1. The molecule has 1 N–H and O–H groups in total. The SMILES string of the molecule is CCc1nc([C@H](C)N[C@@H](C)c2ccc(OC)cc2OC)cs1. The number of benzene rings is 1. The molecule has 0 saturated carbocycles. The van der Waals surface area contributed by atoms with Gasteiger partial charge in [0.05, 0.1) is 24.9 Å². The van der Waals surface area contributed by atoms with Gasteiger partial charge in [-0.3, -0.25) is 0 Å². The monoisotopic (exact) mass is 320 g/mol. The number of hydrogen-bond acceptors (Lipinski definition) is 5. The van der Waals surface area contributed by atoms with Crippen LogP contribution in [-0.2, 0) is 6.42 Å². The van der Waals surface area contributed by atoms with E-state index in [2.05, 4.69) is 36.5 Å². The van der Waals surface area contributed by atoms with Crippen LogP contribution in [0, 0.1) is 0 Å². The zero-order valence-electron chi connectivity index (χ0n) is 13.8. The van der Waals surface area contributed by atoms with Gasteiger partial charge in [-0.25, -0.2) is 4.98 Å². The van der Waals surface area contributed by atoms with Crippen LogP contribution >= 0.6 is 11.3 Å². The Kier molecular flexibility index (Phi) is 5.80. The smallest absolute Gasteiger partial charge is 0.127 e. The predicted octanol–water partition coefficient (Wildman–Crippen LogP) is 4.13. The molecule has 1 heterocycles. The van der Waals surface area contributed by atoms with Crippen LogP contribution < -0.4 is 14.8 Å². The van der Waals surface area contributed by atoms with Crippen LogP contribution in [0.15, 0.2) is 23.6 Å². The van der Waals surface area contributed by atoms with Gasteiger partial charge < -0.3 is 14.8 Å². The van der Waals surface area contributed by atoms with Crippen molar-refractivity contribution in [1.29, 1.82) is 0 Å². The van der Waals surface area contributed by atoms with Gasteiger partial charge in [0, 0.05) is 29.1 Å². The predicted molar refractivity (Wildman–Crippen MR) is 91.0 cm³/mol. The van der Waals surface area contributed by atoms with Gasteiger partial charge in [-0.15, -0.1) is 11.3 Å². The first-order valence-electron chi connectivity index (χ1n) is 7.51. The first kappa shape index (κ1) is 16.8. The van der Waals surface area contributed by atoms with E-state index < -0.39 is 0 Å². The Morgan fingerprint density at radius 3 is 2.55 bits per heavy atom. The minimum absolute atomic E-state index is 0.155. The average molecular weight is 320 g/mol. The summed E-state index contributed by atoms with van der Waals surface area (Å²) < 4.78 is 10.7. The van der Waals surface area contributed by atoms with E-state index in [9.17, 15) is 0 Å². The lowest BCUT2D eigenvalue weighted by Crippen LogP contribution is -2.23. The lowest BCUT2D eigenvalue weighted by atomic mass is 10.1. The summed E-state index contributed by atoms with van der Waals surface area (Å²) in [6.45, 7) is 6.40. The molecule has 0 bridgehead atoms. The van der Waals surface area contributed by atoms with Crippen molar-refractivity contribution >= 4 is 11.3 Å². The second-order valence-corrected chi connectivity index (χ2v) is 6.18. The van der Waals surface area contributed by atoms with Crippen molar-refractivity contribution in [3.05, 3.63) is 39.8 Å². The van der Waals surface area contributed by atoms with Gasteiger partial charge in [0.1, 0.15) is 11.5 Å². The molecule has 0 aliphatic rings. The number of thiazole rings is 1. The van der Waals surface area contributed by atoms with Gasteiger partial charge in [0.15, 0.2) is 0 Å². The molecule has 0 fully saturated rings. The number of methoxy groups -OCH3 is 2. The summed E-state index contributed by atoms with van der Waals surface area (Å²) in [5, 5.41) is 6.90. The van der Waals surface area contributed by atoms with Crippen molar-refractivity contribution in [2.45, 2.75) is 39.3 Å². The maximum Gasteiger partial charge on any atom is 0.127 e. The van der Waals surface area contributed by atoms with Crippen molar-refractivity contribution in [1.82, 2.24) is 10.3 Å². The van der Waals surface area contributed by atoms with E-state index in [1.165, 1.54) is 5.01 Å². The summed E-state index contributed by atoms with van der Waals surface area (Å²) in [6.07, 6.45) is 0.985. The summed E-state index contributed by atoms with van der Waals surface area (Å²) in [5.74, 6) is 1.63. The number of aryl methyl sites for hydroxylation is 1. The Morgan fingerprint density at radius 1 is 1.18 bits per heavy atom. The van der Waals surface area contributed by atoms with Gasteiger partial charge in [-0.1, -0.05) is 13.0 Å². The van der Waals surface area contributed by atoms with Crippen molar-refractivity contribution in [2.75, 3.05) is 14.2 Å². The van der Waals surface area contributed by atoms with Crippen LogP contribution in [0.25, 0.3) is 0 Å². The lowest BCUT2D eigenvalue weighted by Gasteiger charge is -2.21. The second-order valence-electron chi connectivity index (χ2n) is 5.24. The standard InChI is InChI=1S/C17H24N2O2S/c1-6-17-19-15(10-22-17)12(3)18-11(2)14-8-7-13(20-4)9-16(14)21-5/h7-12,18H,6H2,1-5H3/t11-,12-/m0/s1. The topological polar surface area (TPSA) is 43.4 Å². The Hall–Kier alpha value is -1.59. The molecule has 0 aliphatic carbocycles. The third-order valence-corrected chi connectivity index (χ3v) is 4.73. The molecule has 0 unspecified atom stereocenters. The molecule has 1 aromatic carbocycles. The van der Waals surface area contributed by atoms with E-state index in [4.69, 9.17) is 9.47 Å². The minimum Gasteiger partial charge on any atom is -0.497 e. The molecule has 0 saturated heterocycles. The van der Waals surface area contributed by atoms with Crippen LogP contribution in [0.1, 0.15) is 49.1 Å². The molecule has 2 atom stereocenters. The Morgan fingerprint density at radius 2 is 1.95 bits per heavy atom. The first-order chi connectivity index (χ1) is 10.6. The normalized spacial score (nSPS) is 13.7. The summed E-state index contributed by atoms with van der Waals surface area (Å²) in [7, 11) is 3.34. The molecule has 0 radical (unpaired) electrons. The molecular formula is C17H24N2O2S. The number of ether oxygens (including phenoxy) is 2. The highest BCUT2D eigenvalue weighted by molar-refractivity contribution is 7.09. The minimum atomic E-state index is 0.155. The molecule has 2 rings (SSSR count). The van der Waals surface area contributed by atoms with Gasteiger partial charge >= 0.3 is 0 Å². The number of nitrogens with one attached hydrogen (secondary N) is 1. The fraction of sp³-hybridized carbons (Fsp3) is 0.471. The summed E-state index contributed by atoms with van der Waals surface area (Å²) in [6, 6.07) is 6.26. The van der Waals surface area contributed by atoms with Gasteiger partial charge in [0.25, 0.3) is 0 Å². The molecule has 4 nitrogen and oxygen atoms in total. The average Bonchev–Trinajstić information content (AvgIpc) is 3.03. The van der Waals surface area contributed by atoms with Crippen molar-refractivity contribution in [2.24, 2.45) is 0 Å². The van der Waals surface area contributed by atoms with Gasteiger partial charge in [0.2, 0.25) is 0 Å². The van der Waals surface area contributed by atoms with E-state index in [0.717, 1.165) is 29.2 Å². The van der Waals surface area contributed by atoms with Crippen LogP contribution in [-0.4, -0.2) is 19.2 Å². The number of rotatable bonds is 7. The van der Waals surface area contributed by atoms with Crippen LogP contribution in [0.3, 0.4) is 0 Å². The Balaban J connectivity index is 2.12. The lowest BCUT2D eigenvalue weighted by molar-refractivity contribution is 0.382. The molecule has 0 spiro atoms. The fourth-order valence-electron chi connectivity index (χ4n) is 2.41. The quantitative estimate of drug-likeness (QED) is 0.833. The maximum atomic E-state index is 5.48. The zero-order valence-corrected chi connectivity index (χ0v) is 14.7. The molecule has 22 heavy (non-hydrogen) atoms. The molecular weight excluding hydrogens is 296 g/mol. The van der Waals surface area contributed by atoms with E-state index in [-0.39, 0.29) is 12.1 Å². The number of nitrogens with zero attached hydrogens (tertiary/aromatic N) is 1. The van der Waals surface area contributed by atoms with Crippen molar-refractivity contribution < 1.29 is 9.47 Å². The summed E-state index contributed by atoms with van der Waals surface area (Å²) in [5.41, 5.74) is 2.21. The van der Waals surface area contributed by atoms with Crippen molar-refractivity contribution in [3.63, 3.8) is 0 Å². The van der Waals surface area contributed by atoms with Crippen LogP contribution in [0.2, 0.25) is 0 Å². The largest absolute Gasteiger partial charge is 0.497 e. The third kappa shape index (κ3) is 3.78. The van der Waals surface area contributed by atoms with E-state index in [1.54, 1.807) is 25.6 Å². The van der Waals surface area contributed by atoms with Crippen LogP contribution in [0.4, 0.5) is 0 Å². The highest BCUT2D eigenvalue weighted by Gasteiger charge is 2.17. The molecule has 1 aromatic heterocycles. The second kappa shape index (κ2) is 7.61. The summed E-state index contributed by atoms with van der Waals surface area (Å²) >= 11 is 1.72. The van der Waals surface area contributed by atoms with Gasteiger partial charge in [-0.05, 0) is 26.3 Å². The van der Waals surface area contributed by atoms with E-state index >= 15 is 0 Å². The molecule has 120 valence electrons. The van der Waals surface area contributed by atoms with Crippen molar-refractivity contribution in [3.8, 4) is 11.5 Å².